The lowest BCUT2D eigenvalue weighted by Crippen LogP contribution is -2.35. The molecule has 0 spiro atoms. The Labute approximate surface area is 184 Å². The minimum absolute atomic E-state index is 0.528. The quantitative estimate of drug-likeness (QED) is 0.445. The molecule has 154 valence electrons. The molecule has 2 N–H and O–H groups in total. The van der Waals surface area contributed by atoms with E-state index in [1.807, 2.05) is 47.8 Å². The minimum atomic E-state index is 0.528. The molecule has 3 heterocycles. The summed E-state index contributed by atoms with van der Waals surface area (Å²) in [6.07, 6.45) is 2.78. The number of ether oxygens (including phenoxy) is 1. The molecule has 0 atom stereocenters. The highest BCUT2D eigenvalue weighted by atomic mass is 32.1. The van der Waals surface area contributed by atoms with E-state index in [2.05, 4.69) is 44.9 Å². The Morgan fingerprint density at radius 1 is 0.935 bits per heavy atom. The molecule has 2 aromatic heterocycles. The predicted octanol–water partition coefficient (Wildman–Crippen LogP) is 5.43. The summed E-state index contributed by atoms with van der Waals surface area (Å²) in [6.45, 7) is 1.75. The second kappa shape index (κ2) is 8.97. The summed E-state index contributed by atoms with van der Waals surface area (Å²) < 4.78 is 6.11. The van der Waals surface area contributed by atoms with E-state index in [0.717, 1.165) is 53.2 Å². The molecule has 7 heteroatoms. The van der Waals surface area contributed by atoms with E-state index in [-0.39, 0.29) is 0 Å². The zero-order chi connectivity index (χ0) is 20.9. The molecule has 0 saturated carbocycles. The topological polar surface area (TPSA) is 71.4 Å². The van der Waals surface area contributed by atoms with E-state index >= 15 is 0 Å². The van der Waals surface area contributed by atoms with E-state index in [1.54, 1.807) is 6.20 Å². The summed E-state index contributed by atoms with van der Waals surface area (Å²) >= 11 is 1.53. The fourth-order valence-corrected chi connectivity index (χ4v) is 4.01. The first-order valence-electron chi connectivity index (χ1n) is 10.1. The fourth-order valence-electron chi connectivity index (χ4n) is 3.30. The third-order valence-corrected chi connectivity index (χ3v) is 5.61. The van der Waals surface area contributed by atoms with Crippen LogP contribution in [0.3, 0.4) is 0 Å². The zero-order valence-electron chi connectivity index (χ0n) is 16.8. The molecule has 0 amide bonds. The molecular weight excluding hydrogens is 406 g/mol. The smallest absolute Gasteiger partial charge is 0.228 e. The number of aromatic nitrogens is 2. The Morgan fingerprint density at radius 2 is 1.77 bits per heavy atom. The number of benzene rings is 2. The van der Waals surface area contributed by atoms with Gasteiger partial charge in [-0.25, -0.2) is 9.97 Å². The molecule has 31 heavy (non-hydrogen) atoms. The predicted molar refractivity (Wildman–Crippen MR) is 126 cm³/mol. The van der Waals surface area contributed by atoms with Crippen LogP contribution in [0.5, 0.6) is 11.6 Å². The first kappa shape index (κ1) is 19.3. The summed E-state index contributed by atoms with van der Waals surface area (Å²) in [7, 11) is 0. The number of guanidine groups is 1. The average Bonchev–Trinajstić information content (AvgIpc) is 3.29. The largest absolute Gasteiger partial charge is 0.438 e. The van der Waals surface area contributed by atoms with Crippen molar-refractivity contribution in [3.05, 3.63) is 78.3 Å². The molecule has 0 aliphatic carbocycles. The van der Waals surface area contributed by atoms with Gasteiger partial charge < -0.3 is 15.4 Å². The van der Waals surface area contributed by atoms with Crippen LogP contribution in [0.2, 0.25) is 0 Å². The van der Waals surface area contributed by atoms with Gasteiger partial charge in [0.1, 0.15) is 5.75 Å². The summed E-state index contributed by atoms with van der Waals surface area (Å²) in [6, 6.07) is 22.2. The van der Waals surface area contributed by atoms with Crippen LogP contribution in [0.15, 0.2) is 83.3 Å². The number of hydrogen-bond acceptors (Lipinski definition) is 7. The van der Waals surface area contributed by atoms with Crippen molar-refractivity contribution in [2.24, 2.45) is 4.99 Å². The molecule has 5 rings (SSSR count). The minimum Gasteiger partial charge on any atom is -0.438 e. The highest BCUT2D eigenvalue weighted by Gasteiger charge is 2.14. The number of aliphatic imine (C=N–C) groups is 1. The van der Waals surface area contributed by atoms with Crippen molar-refractivity contribution in [1.29, 1.82) is 0 Å². The van der Waals surface area contributed by atoms with Crippen LogP contribution in [-0.4, -0.2) is 29.0 Å². The molecule has 2 aromatic carbocycles. The third-order valence-electron chi connectivity index (χ3n) is 4.85. The van der Waals surface area contributed by atoms with Crippen molar-refractivity contribution in [3.63, 3.8) is 0 Å². The highest BCUT2D eigenvalue weighted by Crippen LogP contribution is 2.33. The summed E-state index contributed by atoms with van der Waals surface area (Å²) in [4.78, 5) is 13.6. The third kappa shape index (κ3) is 4.57. The van der Waals surface area contributed by atoms with Crippen molar-refractivity contribution in [1.82, 2.24) is 15.3 Å². The Hall–Kier alpha value is -3.71. The SMILES string of the molecule is c1ccc(-c2ccc(Oc3ncccc3-c3csc(NC4=NCCCN4)n3)cc2)cc1. The van der Waals surface area contributed by atoms with Crippen molar-refractivity contribution in [3.8, 4) is 34.0 Å². The van der Waals surface area contributed by atoms with Crippen LogP contribution >= 0.6 is 11.3 Å². The maximum absolute atomic E-state index is 6.11. The number of thiazole rings is 1. The van der Waals surface area contributed by atoms with Gasteiger partial charge in [-0.05, 0) is 41.8 Å². The lowest BCUT2D eigenvalue weighted by Gasteiger charge is -2.14. The standard InChI is InChI=1S/C24H21N5OS/c1-2-6-17(7-3-1)18-9-11-19(12-10-18)30-22-20(8-4-13-25-22)21-16-31-24(28-21)29-23-26-14-5-15-27-23/h1-4,6-13,16H,5,14-15H2,(H2,26,27,28,29). The maximum Gasteiger partial charge on any atom is 0.228 e. The molecule has 4 aromatic rings. The van der Waals surface area contributed by atoms with Crippen LogP contribution < -0.4 is 15.4 Å². The van der Waals surface area contributed by atoms with Crippen molar-refractivity contribution in [2.75, 3.05) is 18.4 Å². The number of pyridine rings is 1. The van der Waals surface area contributed by atoms with Gasteiger partial charge in [-0.15, -0.1) is 11.3 Å². The summed E-state index contributed by atoms with van der Waals surface area (Å²) in [5, 5.41) is 9.27. The van der Waals surface area contributed by atoms with Crippen molar-refractivity contribution >= 4 is 22.4 Å². The highest BCUT2D eigenvalue weighted by molar-refractivity contribution is 7.14. The molecule has 1 aliphatic rings. The van der Waals surface area contributed by atoms with Crippen molar-refractivity contribution in [2.45, 2.75) is 6.42 Å². The van der Waals surface area contributed by atoms with Gasteiger partial charge in [-0.2, -0.15) is 0 Å². The van der Waals surface area contributed by atoms with Crippen LogP contribution in [0.4, 0.5) is 5.13 Å². The van der Waals surface area contributed by atoms with E-state index in [1.165, 1.54) is 16.9 Å². The number of hydrogen-bond donors (Lipinski definition) is 2. The van der Waals surface area contributed by atoms with Crippen LogP contribution in [0.1, 0.15) is 6.42 Å². The summed E-state index contributed by atoms with van der Waals surface area (Å²) in [5.74, 6) is 2.03. The zero-order valence-corrected chi connectivity index (χ0v) is 17.6. The van der Waals surface area contributed by atoms with E-state index in [9.17, 15) is 0 Å². The first-order valence-corrected chi connectivity index (χ1v) is 11.0. The van der Waals surface area contributed by atoms with Gasteiger partial charge >= 0.3 is 0 Å². The molecule has 1 aliphatic heterocycles. The Balaban J connectivity index is 1.34. The fraction of sp³-hybridized carbons (Fsp3) is 0.125. The lowest BCUT2D eigenvalue weighted by atomic mass is 10.1. The maximum atomic E-state index is 6.11. The van der Waals surface area contributed by atoms with Gasteiger partial charge in [-0.1, -0.05) is 42.5 Å². The molecule has 0 saturated heterocycles. The van der Waals surface area contributed by atoms with Gasteiger partial charge in [0.25, 0.3) is 0 Å². The average molecular weight is 428 g/mol. The molecule has 0 bridgehead atoms. The van der Waals surface area contributed by atoms with Crippen LogP contribution in [0.25, 0.3) is 22.4 Å². The Bertz CT molecular complexity index is 1190. The van der Waals surface area contributed by atoms with E-state index in [0.29, 0.717) is 5.88 Å². The van der Waals surface area contributed by atoms with Gasteiger partial charge in [-0.3, -0.25) is 4.99 Å². The first-order chi connectivity index (χ1) is 15.3. The van der Waals surface area contributed by atoms with Gasteiger partial charge in [0.05, 0.1) is 11.3 Å². The summed E-state index contributed by atoms with van der Waals surface area (Å²) in [5.41, 5.74) is 3.97. The molecular formula is C24H21N5OS. The lowest BCUT2D eigenvalue weighted by molar-refractivity contribution is 0.465. The van der Waals surface area contributed by atoms with Crippen LogP contribution in [0, 0.1) is 0 Å². The van der Waals surface area contributed by atoms with E-state index in [4.69, 9.17) is 9.72 Å². The normalized spacial score (nSPS) is 13.2. The van der Waals surface area contributed by atoms with Gasteiger partial charge in [0.15, 0.2) is 11.1 Å². The Kier molecular flexibility index (Phi) is 5.58. The van der Waals surface area contributed by atoms with Gasteiger partial charge in [0.2, 0.25) is 5.88 Å². The van der Waals surface area contributed by atoms with Crippen molar-refractivity contribution < 1.29 is 4.74 Å². The molecule has 0 unspecified atom stereocenters. The monoisotopic (exact) mass is 427 g/mol. The van der Waals surface area contributed by atoms with Crippen LogP contribution in [-0.2, 0) is 0 Å². The molecule has 0 radical (unpaired) electrons. The second-order valence-corrected chi connectivity index (χ2v) is 7.88. The number of rotatable bonds is 5. The van der Waals surface area contributed by atoms with Gasteiger partial charge in [0, 0.05) is 24.7 Å². The molecule has 6 nitrogen and oxygen atoms in total. The van der Waals surface area contributed by atoms with E-state index < -0.39 is 0 Å². The molecule has 0 fully saturated rings. The second-order valence-electron chi connectivity index (χ2n) is 7.02. The number of nitrogens with one attached hydrogen (secondary N) is 2. The number of anilines is 1. The number of nitrogens with zero attached hydrogens (tertiary/aromatic N) is 3. The Morgan fingerprint density at radius 3 is 2.58 bits per heavy atom.